The number of esters is 1. The SMILES string of the molecule is CCCOC(=O)C(C)C(C)=N. The lowest BCUT2D eigenvalue weighted by atomic mass is 10.1. The first-order valence-electron chi connectivity index (χ1n) is 3.81. The zero-order valence-corrected chi connectivity index (χ0v) is 7.31. The average molecular weight is 157 g/mol. The quantitative estimate of drug-likeness (QED) is 0.498. The van der Waals surface area contributed by atoms with E-state index >= 15 is 0 Å². The first-order valence-corrected chi connectivity index (χ1v) is 3.81. The first-order chi connectivity index (χ1) is 5.09. The molecule has 0 spiro atoms. The van der Waals surface area contributed by atoms with Crippen LogP contribution in [-0.2, 0) is 9.53 Å². The number of hydrogen-bond donors (Lipinski definition) is 1. The summed E-state index contributed by atoms with van der Waals surface area (Å²) in [6.07, 6.45) is 0.829. The Bertz CT molecular complexity index is 154. The van der Waals surface area contributed by atoms with Crippen molar-refractivity contribution in [1.82, 2.24) is 0 Å². The maximum atomic E-state index is 11.0. The third-order valence-corrected chi connectivity index (χ3v) is 1.45. The van der Waals surface area contributed by atoms with E-state index in [0.29, 0.717) is 12.3 Å². The molecule has 0 aromatic rings. The topological polar surface area (TPSA) is 50.2 Å². The smallest absolute Gasteiger partial charge is 0.314 e. The molecular formula is C8H15NO2. The van der Waals surface area contributed by atoms with Crippen LogP contribution < -0.4 is 0 Å². The molecule has 0 aliphatic rings. The summed E-state index contributed by atoms with van der Waals surface area (Å²) in [6.45, 7) is 5.68. The van der Waals surface area contributed by atoms with E-state index in [2.05, 4.69) is 0 Å². The van der Waals surface area contributed by atoms with Crippen molar-refractivity contribution >= 4 is 11.7 Å². The van der Waals surface area contributed by atoms with Crippen LogP contribution in [0.25, 0.3) is 0 Å². The summed E-state index contributed by atoms with van der Waals surface area (Å²) in [5, 5.41) is 7.17. The maximum absolute atomic E-state index is 11.0. The van der Waals surface area contributed by atoms with Gasteiger partial charge in [0.25, 0.3) is 0 Å². The lowest BCUT2D eigenvalue weighted by Crippen LogP contribution is -2.20. The fourth-order valence-corrected chi connectivity index (χ4v) is 0.504. The number of nitrogens with one attached hydrogen (secondary N) is 1. The normalized spacial score (nSPS) is 12.3. The number of rotatable bonds is 4. The summed E-state index contributed by atoms with van der Waals surface area (Å²) < 4.78 is 4.83. The first kappa shape index (κ1) is 10.1. The third kappa shape index (κ3) is 3.75. The Morgan fingerprint density at radius 1 is 1.64 bits per heavy atom. The van der Waals surface area contributed by atoms with Gasteiger partial charge in [-0.2, -0.15) is 0 Å². The van der Waals surface area contributed by atoms with E-state index in [0.717, 1.165) is 6.42 Å². The van der Waals surface area contributed by atoms with Crippen LogP contribution in [0.3, 0.4) is 0 Å². The van der Waals surface area contributed by atoms with E-state index in [1.807, 2.05) is 6.92 Å². The van der Waals surface area contributed by atoms with Crippen LogP contribution in [0.1, 0.15) is 27.2 Å². The molecule has 11 heavy (non-hydrogen) atoms. The van der Waals surface area contributed by atoms with Crippen molar-refractivity contribution in [2.75, 3.05) is 6.61 Å². The molecule has 0 aromatic heterocycles. The molecule has 1 atom stereocenters. The molecule has 0 aliphatic heterocycles. The second-order valence-corrected chi connectivity index (χ2v) is 2.57. The fraction of sp³-hybridized carbons (Fsp3) is 0.750. The number of ether oxygens (including phenoxy) is 1. The van der Waals surface area contributed by atoms with Crippen molar-refractivity contribution in [3.05, 3.63) is 0 Å². The Kier molecular flexibility index (Phi) is 4.50. The van der Waals surface area contributed by atoms with Gasteiger partial charge < -0.3 is 10.1 Å². The van der Waals surface area contributed by atoms with Gasteiger partial charge in [-0.15, -0.1) is 0 Å². The van der Waals surface area contributed by atoms with Gasteiger partial charge in [-0.25, -0.2) is 0 Å². The lowest BCUT2D eigenvalue weighted by molar-refractivity contribution is -0.145. The number of carbonyl (C=O) groups is 1. The van der Waals surface area contributed by atoms with Crippen molar-refractivity contribution in [3.63, 3.8) is 0 Å². The summed E-state index contributed by atoms with van der Waals surface area (Å²) in [5.74, 6) is -0.680. The zero-order chi connectivity index (χ0) is 8.85. The van der Waals surface area contributed by atoms with E-state index in [1.54, 1.807) is 13.8 Å². The van der Waals surface area contributed by atoms with Gasteiger partial charge in [0.2, 0.25) is 0 Å². The summed E-state index contributed by atoms with van der Waals surface area (Å²) in [7, 11) is 0. The highest BCUT2D eigenvalue weighted by atomic mass is 16.5. The summed E-state index contributed by atoms with van der Waals surface area (Å²) >= 11 is 0. The second-order valence-electron chi connectivity index (χ2n) is 2.57. The minimum absolute atomic E-state index is 0.292. The summed E-state index contributed by atoms with van der Waals surface area (Å²) in [4.78, 5) is 11.0. The molecule has 0 heterocycles. The van der Waals surface area contributed by atoms with Gasteiger partial charge in [0.1, 0.15) is 0 Å². The van der Waals surface area contributed by atoms with Crippen LogP contribution >= 0.6 is 0 Å². The Balaban J connectivity index is 3.74. The highest BCUT2D eigenvalue weighted by Crippen LogP contribution is 2.00. The molecule has 1 N–H and O–H groups in total. The molecule has 3 nitrogen and oxygen atoms in total. The predicted molar refractivity (Wildman–Crippen MR) is 43.8 cm³/mol. The molecule has 0 saturated carbocycles. The largest absolute Gasteiger partial charge is 0.465 e. The molecular weight excluding hydrogens is 142 g/mol. The fourth-order valence-electron chi connectivity index (χ4n) is 0.504. The van der Waals surface area contributed by atoms with Gasteiger partial charge in [-0.05, 0) is 20.3 Å². The predicted octanol–water partition coefficient (Wildman–Crippen LogP) is 1.62. The highest BCUT2D eigenvalue weighted by molar-refractivity contribution is 5.98. The summed E-state index contributed by atoms with van der Waals surface area (Å²) in [5.41, 5.74) is 0.353. The van der Waals surface area contributed by atoms with Crippen molar-refractivity contribution in [2.24, 2.45) is 5.92 Å². The van der Waals surface area contributed by atoms with Crippen LogP contribution in [0.15, 0.2) is 0 Å². The van der Waals surface area contributed by atoms with Gasteiger partial charge in [-0.1, -0.05) is 6.92 Å². The van der Waals surface area contributed by atoms with Crippen LogP contribution in [0.4, 0.5) is 0 Å². The number of carbonyl (C=O) groups excluding carboxylic acids is 1. The van der Waals surface area contributed by atoms with E-state index in [4.69, 9.17) is 10.1 Å². The van der Waals surface area contributed by atoms with Crippen LogP contribution in [0.5, 0.6) is 0 Å². The van der Waals surface area contributed by atoms with Gasteiger partial charge in [-0.3, -0.25) is 4.79 Å². The molecule has 3 heteroatoms. The van der Waals surface area contributed by atoms with Crippen molar-refractivity contribution in [3.8, 4) is 0 Å². The molecule has 0 aromatic carbocycles. The van der Waals surface area contributed by atoms with Crippen molar-refractivity contribution < 1.29 is 9.53 Å². The van der Waals surface area contributed by atoms with Crippen LogP contribution in [-0.4, -0.2) is 18.3 Å². The molecule has 0 rings (SSSR count). The monoisotopic (exact) mass is 157 g/mol. The second kappa shape index (κ2) is 4.88. The minimum Gasteiger partial charge on any atom is -0.465 e. The van der Waals surface area contributed by atoms with Crippen LogP contribution in [0, 0.1) is 11.3 Å². The third-order valence-electron chi connectivity index (χ3n) is 1.45. The minimum atomic E-state index is -0.387. The Labute approximate surface area is 67.3 Å². The molecule has 0 radical (unpaired) electrons. The maximum Gasteiger partial charge on any atom is 0.314 e. The molecule has 0 amide bonds. The van der Waals surface area contributed by atoms with Crippen LogP contribution in [0.2, 0.25) is 0 Å². The molecule has 0 fully saturated rings. The summed E-state index contributed by atoms with van der Waals surface area (Å²) in [6, 6.07) is 0. The van der Waals surface area contributed by atoms with Gasteiger partial charge >= 0.3 is 5.97 Å². The zero-order valence-electron chi connectivity index (χ0n) is 7.31. The van der Waals surface area contributed by atoms with Gasteiger partial charge in [0.15, 0.2) is 0 Å². The number of hydrogen-bond acceptors (Lipinski definition) is 3. The van der Waals surface area contributed by atoms with Gasteiger partial charge in [0, 0.05) is 5.71 Å². The molecule has 0 aliphatic carbocycles. The van der Waals surface area contributed by atoms with E-state index in [-0.39, 0.29) is 11.9 Å². The van der Waals surface area contributed by atoms with Crippen molar-refractivity contribution in [2.45, 2.75) is 27.2 Å². The van der Waals surface area contributed by atoms with Gasteiger partial charge in [0.05, 0.1) is 12.5 Å². The molecule has 1 unspecified atom stereocenters. The Morgan fingerprint density at radius 3 is 2.55 bits per heavy atom. The van der Waals surface area contributed by atoms with E-state index < -0.39 is 0 Å². The Morgan fingerprint density at radius 2 is 2.18 bits per heavy atom. The molecule has 0 bridgehead atoms. The van der Waals surface area contributed by atoms with Crippen molar-refractivity contribution in [1.29, 1.82) is 5.41 Å². The highest BCUT2D eigenvalue weighted by Gasteiger charge is 2.15. The molecule has 0 saturated heterocycles. The molecule has 64 valence electrons. The standard InChI is InChI=1S/C8H15NO2/c1-4-5-11-8(10)6(2)7(3)9/h6,9H,4-5H2,1-3H3. The average Bonchev–Trinajstić information content (AvgIpc) is 1.98. The van der Waals surface area contributed by atoms with E-state index in [9.17, 15) is 4.79 Å². The Hall–Kier alpha value is -0.860. The lowest BCUT2D eigenvalue weighted by Gasteiger charge is -2.08. The van der Waals surface area contributed by atoms with E-state index in [1.165, 1.54) is 0 Å².